The average molecular weight is 417 g/mol. The molecule has 0 aromatic rings. The zero-order chi connectivity index (χ0) is 22.9. The highest BCUT2D eigenvalue weighted by molar-refractivity contribution is 5.97. The maximum atomic E-state index is 12.5. The summed E-state index contributed by atoms with van der Waals surface area (Å²) in [5.41, 5.74) is 10.8. The van der Waals surface area contributed by atoms with Crippen molar-refractivity contribution in [2.75, 3.05) is 0 Å². The number of nitrogens with one attached hydrogen (secondary N) is 3. The second kappa shape index (κ2) is 11.6. The van der Waals surface area contributed by atoms with Crippen LogP contribution in [0.15, 0.2) is 0 Å². The van der Waals surface area contributed by atoms with Gasteiger partial charge in [-0.1, -0.05) is 13.8 Å². The highest BCUT2D eigenvalue weighted by Gasteiger charge is 2.31. The first-order valence-corrected chi connectivity index (χ1v) is 8.65. The number of primary amides is 1. The summed E-state index contributed by atoms with van der Waals surface area (Å²) in [7, 11) is 0. The lowest BCUT2D eigenvalue weighted by Gasteiger charge is -2.24. The first kappa shape index (κ1) is 25.8. The van der Waals surface area contributed by atoms with E-state index in [1.165, 1.54) is 0 Å². The fraction of sp³-hybridized carbons (Fsp3) is 0.625. The van der Waals surface area contributed by atoms with Gasteiger partial charge in [0.25, 0.3) is 0 Å². The number of carboxylic acids is 2. The second-order valence-electron chi connectivity index (χ2n) is 6.73. The van der Waals surface area contributed by atoms with E-state index in [9.17, 15) is 28.8 Å². The van der Waals surface area contributed by atoms with E-state index in [1.54, 1.807) is 13.8 Å². The molecule has 0 radical (unpaired) electrons. The summed E-state index contributed by atoms with van der Waals surface area (Å²) in [6, 6.07) is -5.51. The van der Waals surface area contributed by atoms with E-state index in [1.807, 2.05) is 5.32 Å². The summed E-state index contributed by atoms with van der Waals surface area (Å²) in [4.78, 5) is 69.8. The van der Waals surface area contributed by atoms with Crippen LogP contribution in [-0.2, 0) is 28.8 Å². The van der Waals surface area contributed by atoms with Crippen molar-refractivity contribution in [2.45, 2.75) is 57.8 Å². The molecule has 0 spiro atoms. The van der Waals surface area contributed by atoms with Crippen molar-refractivity contribution in [1.82, 2.24) is 16.0 Å². The zero-order valence-electron chi connectivity index (χ0n) is 16.3. The second-order valence-corrected chi connectivity index (χ2v) is 6.73. The Morgan fingerprint density at radius 3 is 1.66 bits per heavy atom. The predicted molar refractivity (Wildman–Crippen MR) is 98.0 cm³/mol. The van der Waals surface area contributed by atoms with E-state index in [2.05, 4.69) is 10.6 Å². The Balaban J connectivity index is 5.41. The molecule has 0 aromatic heterocycles. The summed E-state index contributed by atoms with van der Waals surface area (Å²) in [6.07, 6.45) is -1.50. The standard InChI is InChI=1S/C16H27N5O8/c1-6(2)12(18)15(27)21-8(4-10(17)22)14(26)20-9(5-11(23)24)13(25)19-7(3)16(28)29/h6-9,12H,4-5,18H2,1-3H3,(H2,17,22)(H,19,25)(H,20,26)(H,21,27)(H,23,24)(H,28,29). The fourth-order valence-corrected chi connectivity index (χ4v) is 2.01. The molecule has 0 heterocycles. The van der Waals surface area contributed by atoms with Gasteiger partial charge in [0.15, 0.2) is 0 Å². The van der Waals surface area contributed by atoms with E-state index in [-0.39, 0.29) is 5.92 Å². The zero-order valence-corrected chi connectivity index (χ0v) is 16.3. The Morgan fingerprint density at radius 1 is 0.793 bits per heavy atom. The van der Waals surface area contributed by atoms with E-state index in [4.69, 9.17) is 21.7 Å². The Morgan fingerprint density at radius 2 is 1.24 bits per heavy atom. The smallest absolute Gasteiger partial charge is 0.325 e. The number of amides is 4. The van der Waals surface area contributed by atoms with Crippen LogP contribution in [0.1, 0.15) is 33.6 Å². The predicted octanol–water partition coefficient (Wildman–Crippen LogP) is -3.12. The van der Waals surface area contributed by atoms with Gasteiger partial charge in [0.2, 0.25) is 23.6 Å². The molecule has 13 heteroatoms. The Labute approximate surface area is 166 Å². The minimum absolute atomic E-state index is 0.282. The van der Waals surface area contributed by atoms with Gasteiger partial charge in [0, 0.05) is 0 Å². The van der Waals surface area contributed by atoms with Crippen LogP contribution >= 0.6 is 0 Å². The quantitative estimate of drug-likeness (QED) is 0.170. The number of carbonyl (C=O) groups is 6. The molecule has 0 rings (SSSR count). The van der Waals surface area contributed by atoms with Gasteiger partial charge < -0.3 is 37.6 Å². The lowest BCUT2D eigenvalue weighted by molar-refractivity contribution is -0.143. The highest BCUT2D eigenvalue weighted by atomic mass is 16.4. The number of nitrogens with two attached hydrogens (primary N) is 2. The molecule has 4 atom stereocenters. The average Bonchev–Trinajstić information content (AvgIpc) is 2.58. The first-order chi connectivity index (χ1) is 13.3. The monoisotopic (exact) mass is 417 g/mol. The number of rotatable bonds is 12. The molecular weight excluding hydrogens is 390 g/mol. The van der Waals surface area contributed by atoms with Crippen molar-refractivity contribution in [3.8, 4) is 0 Å². The van der Waals surface area contributed by atoms with Crippen LogP contribution in [0.4, 0.5) is 0 Å². The van der Waals surface area contributed by atoms with Gasteiger partial charge in [0.1, 0.15) is 18.1 Å². The Bertz CT molecular complexity index is 666. The molecule has 0 fully saturated rings. The minimum Gasteiger partial charge on any atom is -0.481 e. The van der Waals surface area contributed by atoms with Crippen molar-refractivity contribution >= 4 is 35.6 Å². The molecule has 4 amide bonds. The molecule has 0 saturated carbocycles. The van der Waals surface area contributed by atoms with Gasteiger partial charge in [-0.3, -0.25) is 28.8 Å². The van der Waals surface area contributed by atoms with Crippen molar-refractivity contribution in [3.05, 3.63) is 0 Å². The maximum Gasteiger partial charge on any atom is 0.325 e. The van der Waals surface area contributed by atoms with Gasteiger partial charge in [-0.05, 0) is 12.8 Å². The fourth-order valence-electron chi connectivity index (χ4n) is 2.01. The molecule has 0 aliphatic rings. The Kier molecular flexibility index (Phi) is 10.3. The molecule has 0 bridgehead atoms. The summed E-state index contributed by atoms with van der Waals surface area (Å²) >= 11 is 0. The van der Waals surface area contributed by atoms with Crippen LogP contribution < -0.4 is 27.4 Å². The largest absolute Gasteiger partial charge is 0.481 e. The third-order valence-electron chi connectivity index (χ3n) is 3.80. The van der Waals surface area contributed by atoms with Crippen molar-refractivity contribution in [1.29, 1.82) is 0 Å². The molecule has 9 N–H and O–H groups in total. The summed E-state index contributed by atoms with van der Waals surface area (Å²) in [6.45, 7) is 4.46. The van der Waals surface area contributed by atoms with E-state index in [0.29, 0.717) is 0 Å². The topological polar surface area (TPSA) is 231 Å². The van der Waals surface area contributed by atoms with Crippen LogP contribution in [0.25, 0.3) is 0 Å². The SMILES string of the molecule is CC(NC(=O)C(CC(=O)O)NC(=O)C(CC(N)=O)NC(=O)C(N)C(C)C)C(=O)O. The summed E-state index contributed by atoms with van der Waals surface area (Å²) in [5, 5.41) is 24.1. The van der Waals surface area contributed by atoms with Gasteiger partial charge in [-0.25, -0.2) is 0 Å². The summed E-state index contributed by atoms with van der Waals surface area (Å²) < 4.78 is 0. The highest BCUT2D eigenvalue weighted by Crippen LogP contribution is 2.02. The van der Waals surface area contributed by atoms with Crippen LogP contribution in [0.2, 0.25) is 0 Å². The number of carbonyl (C=O) groups excluding carboxylic acids is 4. The molecule has 0 aromatic carbocycles. The Hall–Kier alpha value is -3.22. The maximum absolute atomic E-state index is 12.5. The molecule has 0 aliphatic heterocycles. The lowest BCUT2D eigenvalue weighted by Crippen LogP contribution is -2.58. The number of hydrogen-bond donors (Lipinski definition) is 7. The van der Waals surface area contributed by atoms with Gasteiger partial charge in [-0.2, -0.15) is 0 Å². The van der Waals surface area contributed by atoms with Crippen molar-refractivity contribution in [2.24, 2.45) is 17.4 Å². The molecular formula is C16H27N5O8. The summed E-state index contributed by atoms with van der Waals surface area (Å²) in [5.74, 6) is -6.93. The van der Waals surface area contributed by atoms with Gasteiger partial charge >= 0.3 is 11.9 Å². The first-order valence-electron chi connectivity index (χ1n) is 8.65. The van der Waals surface area contributed by atoms with Gasteiger partial charge in [-0.15, -0.1) is 0 Å². The molecule has 4 unspecified atom stereocenters. The number of hydrogen-bond acceptors (Lipinski definition) is 7. The lowest BCUT2D eigenvalue weighted by atomic mass is 10.0. The van der Waals surface area contributed by atoms with Crippen LogP contribution in [0.3, 0.4) is 0 Å². The molecule has 13 nitrogen and oxygen atoms in total. The third kappa shape index (κ3) is 9.51. The van der Waals surface area contributed by atoms with Crippen LogP contribution in [-0.4, -0.2) is 69.9 Å². The molecule has 164 valence electrons. The van der Waals surface area contributed by atoms with E-state index >= 15 is 0 Å². The van der Waals surface area contributed by atoms with Crippen molar-refractivity contribution in [3.63, 3.8) is 0 Å². The van der Waals surface area contributed by atoms with Crippen LogP contribution in [0.5, 0.6) is 0 Å². The third-order valence-corrected chi connectivity index (χ3v) is 3.80. The minimum atomic E-state index is -1.66. The van der Waals surface area contributed by atoms with E-state index in [0.717, 1.165) is 6.92 Å². The molecule has 0 aliphatic carbocycles. The normalized spacial score (nSPS) is 14.8. The van der Waals surface area contributed by atoms with Gasteiger partial charge in [0.05, 0.1) is 18.9 Å². The van der Waals surface area contributed by atoms with E-state index < -0.39 is 72.6 Å². The number of carboxylic acid groups (broad SMARTS) is 2. The molecule has 29 heavy (non-hydrogen) atoms. The molecule has 0 saturated heterocycles. The number of aliphatic carboxylic acids is 2. The van der Waals surface area contributed by atoms with Crippen LogP contribution in [0, 0.1) is 5.92 Å². The van der Waals surface area contributed by atoms with Crippen molar-refractivity contribution < 1.29 is 39.0 Å².